The molecule has 1 aliphatic rings. The summed E-state index contributed by atoms with van der Waals surface area (Å²) in [5, 5.41) is 13.7. The Morgan fingerprint density at radius 3 is 2.37 bits per heavy atom. The van der Waals surface area contributed by atoms with Crippen molar-refractivity contribution < 1.29 is 30.9 Å². The van der Waals surface area contributed by atoms with Gasteiger partial charge in [0.2, 0.25) is 10.0 Å². The minimum atomic E-state index is -4.81. The number of non-ortho nitro benzene ring substituents is 1. The number of anilines is 1. The zero-order chi connectivity index (χ0) is 22.1. The molecule has 0 aromatic heterocycles. The lowest BCUT2D eigenvalue weighted by molar-refractivity contribution is -0.385. The fourth-order valence-corrected chi connectivity index (χ4v) is 4.91. The predicted octanol–water partition coefficient (Wildman–Crippen LogP) is 4.15. The molecule has 0 unspecified atom stereocenters. The minimum Gasteiger partial charge on any atom is -0.380 e. The number of halogens is 4. The number of nitro benzene ring substituents is 1. The Morgan fingerprint density at radius 2 is 1.77 bits per heavy atom. The van der Waals surface area contributed by atoms with E-state index in [1.165, 1.54) is 4.31 Å². The van der Waals surface area contributed by atoms with Gasteiger partial charge in [-0.1, -0.05) is 6.07 Å². The molecule has 1 heterocycles. The van der Waals surface area contributed by atoms with Crippen molar-refractivity contribution in [3.8, 4) is 0 Å². The molecule has 0 aliphatic carbocycles. The van der Waals surface area contributed by atoms with E-state index in [-0.39, 0.29) is 24.3 Å². The second-order valence-electron chi connectivity index (χ2n) is 6.70. The van der Waals surface area contributed by atoms with Crippen molar-refractivity contribution in [2.75, 3.05) is 18.4 Å². The third-order valence-electron chi connectivity index (χ3n) is 4.71. The van der Waals surface area contributed by atoms with Crippen LogP contribution in [0.1, 0.15) is 24.0 Å². The van der Waals surface area contributed by atoms with Crippen LogP contribution in [0, 0.1) is 15.9 Å². The van der Waals surface area contributed by atoms with Crippen LogP contribution in [0.25, 0.3) is 0 Å². The third kappa shape index (κ3) is 4.54. The van der Waals surface area contributed by atoms with Crippen LogP contribution in [-0.2, 0) is 22.7 Å². The highest BCUT2D eigenvalue weighted by molar-refractivity contribution is 7.89. The molecule has 1 fully saturated rings. The van der Waals surface area contributed by atoms with E-state index in [1.807, 2.05) is 0 Å². The maximum Gasteiger partial charge on any atom is 0.416 e. The van der Waals surface area contributed by atoms with E-state index in [1.54, 1.807) is 0 Å². The quantitative estimate of drug-likeness (QED) is 0.408. The summed E-state index contributed by atoms with van der Waals surface area (Å²) < 4.78 is 79.9. The van der Waals surface area contributed by atoms with Crippen molar-refractivity contribution in [2.24, 2.45) is 0 Å². The third-order valence-corrected chi connectivity index (χ3v) is 6.64. The Bertz CT molecular complexity index is 1070. The molecule has 0 spiro atoms. The maximum atomic E-state index is 13.3. The molecule has 0 bridgehead atoms. The number of benzene rings is 2. The van der Waals surface area contributed by atoms with E-state index in [9.17, 15) is 36.1 Å². The van der Waals surface area contributed by atoms with Gasteiger partial charge in [0.1, 0.15) is 10.7 Å². The molecule has 30 heavy (non-hydrogen) atoms. The number of alkyl halides is 3. The summed E-state index contributed by atoms with van der Waals surface area (Å²) in [6.07, 6.45) is -3.53. The average Bonchev–Trinajstić information content (AvgIpc) is 3.21. The fraction of sp³-hybridized carbons (Fsp3) is 0.333. The highest BCUT2D eigenvalue weighted by Crippen LogP contribution is 2.34. The molecular formula is C18H17F4N3O4S. The summed E-state index contributed by atoms with van der Waals surface area (Å²) in [4.78, 5) is 9.95. The van der Waals surface area contributed by atoms with E-state index in [0.29, 0.717) is 18.9 Å². The molecule has 0 atom stereocenters. The van der Waals surface area contributed by atoms with Gasteiger partial charge in [-0.05, 0) is 36.6 Å². The zero-order valence-electron chi connectivity index (χ0n) is 15.4. The second kappa shape index (κ2) is 8.19. The van der Waals surface area contributed by atoms with Gasteiger partial charge < -0.3 is 5.32 Å². The molecule has 1 N–H and O–H groups in total. The van der Waals surface area contributed by atoms with Crippen molar-refractivity contribution >= 4 is 21.4 Å². The van der Waals surface area contributed by atoms with Crippen LogP contribution in [0.5, 0.6) is 0 Å². The van der Waals surface area contributed by atoms with Gasteiger partial charge in [0, 0.05) is 31.8 Å². The zero-order valence-corrected chi connectivity index (χ0v) is 16.3. The van der Waals surface area contributed by atoms with Crippen molar-refractivity contribution in [3.05, 3.63) is 63.5 Å². The number of nitro groups is 1. The van der Waals surface area contributed by atoms with Crippen LogP contribution in [0.15, 0.2) is 41.3 Å². The van der Waals surface area contributed by atoms with Gasteiger partial charge in [0.15, 0.2) is 0 Å². The molecule has 162 valence electrons. The molecule has 1 aliphatic heterocycles. The van der Waals surface area contributed by atoms with Crippen molar-refractivity contribution in [1.82, 2.24) is 4.31 Å². The Kier molecular flexibility index (Phi) is 5.99. The van der Waals surface area contributed by atoms with Gasteiger partial charge in [0.25, 0.3) is 5.69 Å². The normalized spacial score (nSPS) is 15.3. The van der Waals surface area contributed by atoms with Gasteiger partial charge in [-0.3, -0.25) is 10.1 Å². The molecule has 0 radical (unpaired) electrons. The molecule has 7 nitrogen and oxygen atoms in total. The van der Waals surface area contributed by atoms with Gasteiger partial charge in [-0.25, -0.2) is 12.8 Å². The molecule has 0 amide bonds. The average molecular weight is 447 g/mol. The first kappa shape index (κ1) is 22.0. The number of hydrogen-bond acceptors (Lipinski definition) is 5. The van der Waals surface area contributed by atoms with Crippen molar-refractivity contribution in [1.29, 1.82) is 0 Å². The Hall–Kier alpha value is -2.73. The molecule has 1 saturated heterocycles. The Morgan fingerprint density at radius 1 is 1.10 bits per heavy atom. The SMILES string of the molecule is O=[N+]([O-])c1ccc(NCc2ccc(F)cc2C(F)(F)F)c(S(=O)(=O)N2CCCC2)c1. The topological polar surface area (TPSA) is 92.5 Å². The summed E-state index contributed by atoms with van der Waals surface area (Å²) in [5.41, 5.74) is -2.03. The standard InChI is InChI=1S/C18H17F4N3O4S/c19-13-4-3-12(15(9-13)18(20,21)22)11-23-16-6-5-14(25(26)27)10-17(16)30(28,29)24-7-1-2-8-24/h3-6,9-10,23H,1-2,7-8,11H2. The Labute approximate surface area is 169 Å². The van der Waals surface area contributed by atoms with Crippen LogP contribution in [0.2, 0.25) is 0 Å². The number of nitrogens with zero attached hydrogens (tertiary/aromatic N) is 2. The highest BCUT2D eigenvalue weighted by Gasteiger charge is 2.34. The van der Waals surface area contributed by atoms with Crippen LogP contribution < -0.4 is 5.32 Å². The molecular weight excluding hydrogens is 430 g/mol. The number of sulfonamides is 1. The smallest absolute Gasteiger partial charge is 0.380 e. The Balaban J connectivity index is 1.98. The maximum absolute atomic E-state index is 13.3. The largest absolute Gasteiger partial charge is 0.416 e. The summed E-state index contributed by atoms with van der Waals surface area (Å²) in [6.45, 7) is 0.0384. The minimum absolute atomic E-state index is 0.0788. The lowest BCUT2D eigenvalue weighted by atomic mass is 10.1. The van der Waals surface area contributed by atoms with Gasteiger partial charge in [-0.2, -0.15) is 17.5 Å². The first-order valence-electron chi connectivity index (χ1n) is 8.88. The summed E-state index contributed by atoms with van der Waals surface area (Å²) in [5.74, 6) is -1.06. The van der Waals surface area contributed by atoms with Crippen LogP contribution >= 0.6 is 0 Å². The van der Waals surface area contributed by atoms with E-state index in [0.717, 1.165) is 30.3 Å². The lowest BCUT2D eigenvalue weighted by Crippen LogP contribution is -2.28. The van der Waals surface area contributed by atoms with E-state index in [2.05, 4.69) is 5.32 Å². The first-order chi connectivity index (χ1) is 14.0. The van der Waals surface area contributed by atoms with Crippen LogP contribution in [0.3, 0.4) is 0 Å². The molecule has 2 aromatic carbocycles. The number of nitrogens with one attached hydrogen (secondary N) is 1. The van der Waals surface area contributed by atoms with E-state index < -0.39 is 49.6 Å². The second-order valence-corrected chi connectivity index (χ2v) is 8.61. The lowest BCUT2D eigenvalue weighted by Gasteiger charge is -2.19. The molecule has 3 rings (SSSR count). The van der Waals surface area contributed by atoms with E-state index >= 15 is 0 Å². The summed E-state index contributed by atoms with van der Waals surface area (Å²) in [7, 11) is -4.09. The van der Waals surface area contributed by atoms with Gasteiger partial charge >= 0.3 is 6.18 Å². The van der Waals surface area contributed by atoms with Crippen molar-refractivity contribution in [2.45, 2.75) is 30.5 Å². The van der Waals surface area contributed by atoms with E-state index in [4.69, 9.17) is 0 Å². The molecule has 0 saturated carbocycles. The number of rotatable bonds is 6. The van der Waals surface area contributed by atoms with Crippen LogP contribution in [0.4, 0.5) is 28.9 Å². The van der Waals surface area contributed by atoms with Crippen LogP contribution in [-0.4, -0.2) is 30.7 Å². The highest BCUT2D eigenvalue weighted by atomic mass is 32.2. The monoisotopic (exact) mass is 447 g/mol. The first-order valence-corrected chi connectivity index (χ1v) is 10.3. The predicted molar refractivity (Wildman–Crippen MR) is 99.8 cm³/mol. The molecule has 2 aromatic rings. The fourth-order valence-electron chi connectivity index (χ4n) is 3.21. The van der Waals surface area contributed by atoms with Crippen molar-refractivity contribution in [3.63, 3.8) is 0 Å². The summed E-state index contributed by atoms with van der Waals surface area (Å²) >= 11 is 0. The van der Waals surface area contributed by atoms with Gasteiger partial charge in [-0.15, -0.1) is 0 Å². The van der Waals surface area contributed by atoms with Gasteiger partial charge in [0.05, 0.1) is 16.2 Å². The summed E-state index contributed by atoms with van der Waals surface area (Å²) in [6, 6.07) is 5.24. The molecule has 12 heteroatoms. The number of hydrogen-bond donors (Lipinski definition) is 1.